The SMILES string of the molecule is CC(c1ccccc1)C1C(=O)N(Cc2ccccc2)C(=O)C1CC(c1ccccc1)C(C(=O)[O-])C(CCc1ccccc1)C(=O)O. The maximum absolute atomic E-state index is 14.3. The van der Waals surface area contributed by atoms with E-state index in [4.69, 9.17) is 0 Å². The van der Waals surface area contributed by atoms with Gasteiger partial charge >= 0.3 is 5.97 Å². The van der Waals surface area contributed by atoms with Gasteiger partial charge in [-0.25, -0.2) is 0 Å². The molecule has 0 bridgehead atoms. The van der Waals surface area contributed by atoms with E-state index in [9.17, 15) is 29.4 Å². The summed E-state index contributed by atoms with van der Waals surface area (Å²) in [6, 6.07) is 36.9. The number of carbonyl (C=O) groups excluding carboxylic acids is 3. The predicted molar refractivity (Wildman–Crippen MR) is 172 cm³/mol. The lowest BCUT2D eigenvalue weighted by molar-refractivity contribution is -0.314. The quantitative estimate of drug-likeness (QED) is 0.188. The summed E-state index contributed by atoms with van der Waals surface area (Å²) in [5, 5.41) is 23.4. The van der Waals surface area contributed by atoms with E-state index in [-0.39, 0.29) is 37.1 Å². The molecule has 4 aromatic rings. The Balaban J connectivity index is 1.55. The molecule has 0 spiro atoms. The summed E-state index contributed by atoms with van der Waals surface area (Å²) in [5.41, 5.74) is 3.18. The standard InChI is InChI=1S/C39H39NO6/c1-26(29-18-10-4-11-19-29)34-33(36(41)40(37(34)42)25-28-16-8-3-9-17-28)24-32(30-20-12-5-13-21-30)35(39(45)46)31(38(43)44)23-22-27-14-6-2-7-15-27/h2-21,26,31-35H,22-25H2,1H3,(H,43,44)(H,45,46)/p-1. The number of hydrogen-bond acceptors (Lipinski definition) is 5. The first kappa shape index (κ1) is 32.4. The minimum atomic E-state index is -1.49. The smallest absolute Gasteiger partial charge is 0.307 e. The van der Waals surface area contributed by atoms with Gasteiger partial charge in [-0.1, -0.05) is 128 Å². The summed E-state index contributed by atoms with van der Waals surface area (Å²) < 4.78 is 0. The van der Waals surface area contributed by atoms with E-state index >= 15 is 0 Å². The molecule has 236 valence electrons. The summed E-state index contributed by atoms with van der Waals surface area (Å²) in [6.07, 6.45) is 0.417. The van der Waals surface area contributed by atoms with Crippen molar-refractivity contribution in [2.45, 2.75) is 44.6 Å². The number of amides is 2. The molecular formula is C39H38NO6-. The van der Waals surface area contributed by atoms with Crippen LogP contribution in [-0.4, -0.2) is 33.8 Å². The second-order valence-electron chi connectivity index (χ2n) is 12.1. The Kier molecular flexibility index (Phi) is 10.4. The van der Waals surface area contributed by atoms with Crippen molar-refractivity contribution in [3.63, 3.8) is 0 Å². The zero-order valence-corrected chi connectivity index (χ0v) is 25.8. The Morgan fingerprint density at radius 1 is 0.739 bits per heavy atom. The summed E-state index contributed by atoms with van der Waals surface area (Å²) >= 11 is 0. The lowest BCUT2D eigenvalue weighted by Crippen LogP contribution is -2.43. The van der Waals surface area contributed by atoms with Crippen molar-refractivity contribution >= 4 is 23.8 Å². The number of hydrogen-bond donors (Lipinski definition) is 1. The van der Waals surface area contributed by atoms with Crippen molar-refractivity contribution < 1.29 is 29.4 Å². The average Bonchev–Trinajstić information content (AvgIpc) is 3.30. The van der Waals surface area contributed by atoms with Crippen molar-refractivity contribution in [2.75, 3.05) is 0 Å². The molecule has 1 N–H and O–H groups in total. The highest BCUT2D eigenvalue weighted by atomic mass is 16.4. The number of nitrogens with zero attached hydrogens (tertiary/aromatic N) is 1. The molecule has 6 unspecified atom stereocenters. The van der Waals surface area contributed by atoms with Crippen LogP contribution in [0.5, 0.6) is 0 Å². The largest absolute Gasteiger partial charge is 0.550 e. The first-order valence-corrected chi connectivity index (χ1v) is 15.7. The molecule has 0 aromatic heterocycles. The van der Waals surface area contributed by atoms with Gasteiger partial charge in [0.05, 0.1) is 24.3 Å². The molecule has 4 aromatic carbocycles. The molecule has 1 heterocycles. The molecule has 1 aliphatic heterocycles. The fourth-order valence-electron chi connectivity index (χ4n) is 7.01. The Labute approximate surface area is 269 Å². The van der Waals surface area contributed by atoms with Crippen molar-refractivity contribution in [3.05, 3.63) is 144 Å². The fraction of sp³-hybridized carbons (Fsp3) is 0.282. The summed E-state index contributed by atoms with van der Waals surface area (Å²) in [4.78, 5) is 55.4. The Morgan fingerprint density at radius 3 is 1.76 bits per heavy atom. The summed E-state index contributed by atoms with van der Waals surface area (Å²) in [6.45, 7) is 2.01. The third-order valence-corrected chi connectivity index (χ3v) is 9.39. The fourth-order valence-corrected chi connectivity index (χ4v) is 7.01. The van der Waals surface area contributed by atoms with E-state index in [0.717, 1.165) is 16.7 Å². The Morgan fingerprint density at radius 2 is 1.24 bits per heavy atom. The Bertz CT molecular complexity index is 1630. The van der Waals surface area contributed by atoms with Crippen LogP contribution in [0.2, 0.25) is 0 Å². The number of likely N-dealkylation sites (tertiary alicyclic amines) is 1. The van der Waals surface area contributed by atoms with Gasteiger partial charge in [-0.2, -0.15) is 0 Å². The van der Waals surface area contributed by atoms with Gasteiger partial charge in [-0.15, -0.1) is 0 Å². The lowest BCUT2D eigenvalue weighted by atomic mass is 9.69. The topological polar surface area (TPSA) is 115 Å². The number of aryl methyl sites for hydroxylation is 1. The molecule has 0 aliphatic carbocycles. The molecule has 1 aliphatic rings. The van der Waals surface area contributed by atoms with Gasteiger partial charge in [0.25, 0.3) is 0 Å². The van der Waals surface area contributed by atoms with Crippen molar-refractivity contribution in [1.29, 1.82) is 0 Å². The van der Waals surface area contributed by atoms with E-state index < -0.39 is 41.5 Å². The van der Waals surface area contributed by atoms with Gasteiger partial charge in [-0.05, 0) is 53.4 Å². The zero-order chi connectivity index (χ0) is 32.6. The first-order valence-electron chi connectivity index (χ1n) is 15.7. The maximum atomic E-state index is 14.3. The van der Waals surface area contributed by atoms with Gasteiger partial charge in [0.2, 0.25) is 11.8 Å². The second kappa shape index (κ2) is 14.8. The van der Waals surface area contributed by atoms with Crippen LogP contribution in [0.15, 0.2) is 121 Å². The van der Waals surface area contributed by atoms with E-state index in [1.54, 1.807) is 30.3 Å². The maximum Gasteiger partial charge on any atom is 0.307 e. The number of carbonyl (C=O) groups is 4. The van der Waals surface area contributed by atoms with Gasteiger partial charge in [0.15, 0.2) is 0 Å². The highest BCUT2D eigenvalue weighted by Crippen LogP contribution is 2.46. The first-order chi connectivity index (χ1) is 22.3. The zero-order valence-electron chi connectivity index (χ0n) is 25.8. The molecule has 7 heteroatoms. The van der Waals surface area contributed by atoms with E-state index in [2.05, 4.69) is 0 Å². The third kappa shape index (κ3) is 7.26. The molecule has 1 saturated heterocycles. The molecule has 6 atom stereocenters. The monoisotopic (exact) mass is 616 g/mol. The van der Waals surface area contributed by atoms with Crippen LogP contribution >= 0.6 is 0 Å². The molecule has 7 nitrogen and oxygen atoms in total. The highest BCUT2D eigenvalue weighted by molar-refractivity contribution is 6.05. The van der Waals surface area contributed by atoms with E-state index in [1.807, 2.05) is 97.9 Å². The van der Waals surface area contributed by atoms with Crippen LogP contribution in [0.3, 0.4) is 0 Å². The Hall–Kier alpha value is -5.04. The average molecular weight is 617 g/mol. The molecular weight excluding hydrogens is 578 g/mol. The molecule has 46 heavy (non-hydrogen) atoms. The predicted octanol–water partition coefficient (Wildman–Crippen LogP) is 5.47. The van der Waals surface area contributed by atoms with Gasteiger partial charge in [0.1, 0.15) is 0 Å². The number of rotatable bonds is 14. The van der Waals surface area contributed by atoms with Crippen LogP contribution < -0.4 is 5.11 Å². The lowest BCUT2D eigenvalue weighted by Gasteiger charge is -2.35. The molecule has 2 amide bonds. The van der Waals surface area contributed by atoms with Crippen molar-refractivity contribution in [3.8, 4) is 0 Å². The van der Waals surface area contributed by atoms with Gasteiger partial charge in [-0.3, -0.25) is 19.3 Å². The number of aliphatic carboxylic acids is 2. The number of carboxylic acids is 2. The number of imide groups is 1. The van der Waals surface area contributed by atoms with Crippen LogP contribution in [0, 0.1) is 23.7 Å². The van der Waals surface area contributed by atoms with E-state index in [1.165, 1.54) is 4.90 Å². The molecule has 5 rings (SSSR count). The highest BCUT2D eigenvalue weighted by Gasteiger charge is 2.51. The van der Waals surface area contributed by atoms with Crippen LogP contribution in [0.25, 0.3) is 0 Å². The molecule has 1 fully saturated rings. The third-order valence-electron chi connectivity index (χ3n) is 9.39. The van der Waals surface area contributed by atoms with E-state index in [0.29, 0.717) is 12.0 Å². The van der Waals surface area contributed by atoms with Crippen molar-refractivity contribution in [1.82, 2.24) is 4.90 Å². The number of carboxylic acid groups (broad SMARTS) is 2. The van der Waals surface area contributed by atoms with Crippen molar-refractivity contribution in [2.24, 2.45) is 23.7 Å². The number of benzene rings is 4. The normalized spacial score (nSPS) is 18.9. The van der Waals surface area contributed by atoms with Gasteiger partial charge < -0.3 is 15.0 Å². The molecule has 0 radical (unpaired) electrons. The summed E-state index contributed by atoms with van der Waals surface area (Å²) in [7, 11) is 0. The minimum absolute atomic E-state index is 0.0184. The summed E-state index contributed by atoms with van der Waals surface area (Å²) in [5.74, 6) is -9.03. The second-order valence-corrected chi connectivity index (χ2v) is 12.1. The van der Waals surface area contributed by atoms with Crippen LogP contribution in [0.1, 0.15) is 53.9 Å². The van der Waals surface area contributed by atoms with Crippen LogP contribution in [0.4, 0.5) is 0 Å². The molecule has 0 saturated carbocycles. The van der Waals surface area contributed by atoms with Crippen LogP contribution in [-0.2, 0) is 32.1 Å². The van der Waals surface area contributed by atoms with Gasteiger partial charge in [0, 0.05) is 11.9 Å². The minimum Gasteiger partial charge on any atom is -0.550 e.